The highest BCUT2D eigenvalue weighted by molar-refractivity contribution is 5.15. The predicted octanol–water partition coefficient (Wildman–Crippen LogP) is -0.600. The van der Waals surface area contributed by atoms with Gasteiger partial charge in [-0.2, -0.15) is 0 Å². The summed E-state index contributed by atoms with van der Waals surface area (Å²) in [5.41, 5.74) is 1.02. The van der Waals surface area contributed by atoms with Crippen molar-refractivity contribution >= 4 is 0 Å². The maximum Gasteiger partial charge on any atom is 0.269 e. The summed E-state index contributed by atoms with van der Waals surface area (Å²) in [6.45, 7) is 1.88. The summed E-state index contributed by atoms with van der Waals surface area (Å²) in [7, 11) is 1.73. The zero-order valence-electron chi connectivity index (χ0n) is 6.42. The lowest BCUT2D eigenvalue weighted by molar-refractivity contribution is 0.446. The Labute approximate surface area is 64.2 Å². The van der Waals surface area contributed by atoms with E-state index < -0.39 is 0 Å². The summed E-state index contributed by atoms with van der Waals surface area (Å²) in [5, 5.41) is 6.00. The van der Waals surface area contributed by atoms with Crippen LogP contribution in [0.25, 0.3) is 0 Å². The van der Waals surface area contributed by atoms with Crippen LogP contribution in [0.3, 0.4) is 0 Å². The highest BCUT2D eigenvalue weighted by Crippen LogP contribution is 2.14. The molecule has 0 aromatic carbocycles. The van der Waals surface area contributed by atoms with E-state index in [-0.39, 0.29) is 5.56 Å². The number of hydrogen-bond acceptors (Lipinski definition) is 2. The molecule has 0 unspecified atom stereocenters. The van der Waals surface area contributed by atoms with Gasteiger partial charge in [0.25, 0.3) is 5.56 Å². The molecule has 0 bridgehead atoms. The van der Waals surface area contributed by atoms with Gasteiger partial charge < -0.3 is 10.4 Å². The zero-order chi connectivity index (χ0) is 7.84. The smallest absolute Gasteiger partial charge is 0.269 e. The molecule has 1 saturated heterocycles. The molecule has 1 aliphatic heterocycles. The van der Waals surface area contributed by atoms with Crippen molar-refractivity contribution in [3.8, 4) is 0 Å². The molecule has 1 aliphatic rings. The van der Waals surface area contributed by atoms with Crippen molar-refractivity contribution in [1.29, 1.82) is 0 Å². The summed E-state index contributed by atoms with van der Waals surface area (Å²) in [6, 6.07) is 0. The summed E-state index contributed by atoms with van der Waals surface area (Å²) in [4.78, 5) is 11.3. The number of nitrogens with one attached hydrogen (secondary N) is 2. The Bertz CT molecular complexity index is 308. The average Bonchev–Trinajstić information content (AvgIpc) is 2.15. The molecule has 0 radical (unpaired) electrons. The maximum absolute atomic E-state index is 11.3. The molecule has 11 heavy (non-hydrogen) atoms. The lowest BCUT2D eigenvalue weighted by atomic mass is 9.97. The van der Waals surface area contributed by atoms with E-state index >= 15 is 0 Å². The van der Waals surface area contributed by atoms with Gasteiger partial charge in [-0.25, -0.2) is 0 Å². The van der Waals surface area contributed by atoms with Gasteiger partial charge in [0.2, 0.25) is 0 Å². The van der Waals surface area contributed by atoms with Crippen LogP contribution >= 0.6 is 0 Å². The van der Waals surface area contributed by atoms with Gasteiger partial charge in [0.05, 0.1) is 0 Å². The van der Waals surface area contributed by atoms with Crippen LogP contribution in [-0.4, -0.2) is 22.9 Å². The molecule has 0 atom stereocenters. The summed E-state index contributed by atoms with van der Waals surface area (Å²) in [5.74, 6) is 0.431. The molecule has 0 saturated carbocycles. The lowest BCUT2D eigenvalue weighted by Crippen LogP contribution is -2.42. The Morgan fingerprint density at radius 1 is 1.64 bits per heavy atom. The molecule has 60 valence electrons. The number of aryl methyl sites for hydroxylation is 1. The summed E-state index contributed by atoms with van der Waals surface area (Å²) >= 11 is 0. The average molecular weight is 153 g/mol. The molecular formula is C7H11N3O. The van der Waals surface area contributed by atoms with Crippen molar-refractivity contribution in [3.05, 3.63) is 22.1 Å². The fourth-order valence-electron chi connectivity index (χ4n) is 1.28. The van der Waals surface area contributed by atoms with Crippen LogP contribution < -0.4 is 10.9 Å². The highest BCUT2D eigenvalue weighted by Gasteiger charge is 2.22. The molecule has 1 fully saturated rings. The fraction of sp³-hybridized carbons (Fsp3) is 0.571. The molecule has 1 aromatic heterocycles. The SMILES string of the molecule is Cn1[nH]cc(C2CNC2)c1=O. The molecule has 0 amide bonds. The number of rotatable bonds is 1. The minimum Gasteiger partial charge on any atom is -0.315 e. The Kier molecular flexibility index (Phi) is 1.35. The molecule has 0 spiro atoms. The number of aromatic nitrogens is 2. The van der Waals surface area contributed by atoms with Crippen molar-refractivity contribution in [1.82, 2.24) is 15.1 Å². The van der Waals surface area contributed by atoms with Crippen LogP contribution in [-0.2, 0) is 7.05 Å². The quantitative estimate of drug-likeness (QED) is 0.566. The van der Waals surface area contributed by atoms with Crippen LogP contribution in [0.15, 0.2) is 11.0 Å². The molecule has 2 rings (SSSR count). The van der Waals surface area contributed by atoms with Gasteiger partial charge in [-0.1, -0.05) is 0 Å². The number of H-pyrrole nitrogens is 1. The topological polar surface area (TPSA) is 49.8 Å². The Hall–Kier alpha value is -1.03. The predicted molar refractivity (Wildman–Crippen MR) is 41.6 cm³/mol. The zero-order valence-corrected chi connectivity index (χ0v) is 6.42. The van der Waals surface area contributed by atoms with Gasteiger partial charge in [-0.3, -0.25) is 9.48 Å². The summed E-state index contributed by atoms with van der Waals surface area (Å²) in [6.07, 6.45) is 1.80. The van der Waals surface area contributed by atoms with E-state index in [9.17, 15) is 4.79 Å². The first kappa shape index (κ1) is 6.67. The standard InChI is InChI=1S/C7H11N3O/c1-10-7(11)6(4-9-10)5-2-8-3-5/h4-5,8-9H,2-3H2,1H3. The van der Waals surface area contributed by atoms with Crippen LogP contribution in [0.5, 0.6) is 0 Å². The largest absolute Gasteiger partial charge is 0.315 e. The second-order valence-corrected chi connectivity index (χ2v) is 2.95. The maximum atomic E-state index is 11.3. The minimum absolute atomic E-state index is 0.108. The molecule has 4 heteroatoms. The van der Waals surface area contributed by atoms with Crippen molar-refractivity contribution in [2.75, 3.05) is 13.1 Å². The number of aromatic amines is 1. The van der Waals surface area contributed by atoms with Gasteiger partial charge >= 0.3 is 0 Å². The van der Waals surface area contributed by atoms with Crippen LogP contribution in [0.2, 0.25) is 0 Å². The van der Waals surface area contributed by atoms with Gasteiger partial charge in [0.15, 0.2) is 0 Å². The van der Waals surface area contributed by atoms with Gasteiger partial charge in [-0.05, 0) is 0 Å². The molecular weight excluding hydrogens is 142 g/mol. The third-order valence-corrected chi connectivity index (χ3v) is 2.19. The van der Waals surface area contributed by atoms with Crippen molar-refractivity contribution in [3.63, 3.8) is 0 Å². The van der Waals surface area contributed by atoms with Gasteiger partial charge in [0.1, 0.15) is 0 Å². The third kappa shape index (κ3) is 0.903. The molecule has 2 N–H and O–H groups in total. The van der Waals surface area contributed by atoms with E-state index in [4.69, 9.17) is 0 Å². The second-order valence-electron chi connectivity index (χ2n) is 2.95. The van der Waals surface area contributed by atoms with Gasteiger partial charge in [0, 0.05) is 37.8 Å². The van der Waals surface area contributed by atoms with Crippen molar-refractivity contribution in [2.24, 2.45) is 7.05 Å². The molecule has 0 aliphatic carbocycles. The molecule has 2 heterocycles. The Morgan fingerprint density at radius 3 is 2.73 bits per heavy atom. The number of nitrogens with zero attached hydrogens (tertiary/aromatic N) is 1. The first-order valence-corrected chi connectivity index (χ1v) is 3.74. The lowest BCUT2D eigenvalue weighted by Gasteiger charge is -2.25. The molecule has 4 nitrogen and oxygen atoms in total. The van der Waals surface area contributed by atoms with Crippen LogP contribution in [0, 0.1) is 0 Å². The van der Waals surface area contributed by atoms with E-state index in [2.05, 4.69) is 10.4 Å². The van der Waals surface area contributed by atoms with E-state index in [1.807, 2.05) is 0 Å². The van der Waals surface area contributed by atoms with E-state index in [1.165, 1.54) is 4.68 Å². The Morgan fingerprint density at radius 2 is 2.36 bits per heavy atom. The normalized spacial score (nSPS) is 18.3. The minimum atomic E-state index is 0.108. The fourth-order valence-corrected chi connectivity index (χ4v) is 1.28. The monoisotopic (exact) mass is 153 g/mol. The number of hydrogen-bond donors (Lipinski definition) is 2. The summed E-state index contributed by atoms with van der Waals surface area (Å²) < 4.78 is 1.51. The Balaban J connectivity index is 2.37. The van der Waals surface area contributed by atoms with Gasteiger partial charge in [-0.15, -0.1) is 0 Å². The van der Waals surface area contributed by atoms with Crippen LogP contribution in [0.1, 0.15) is 11.5 Å². The van der Waals surface area contributed by atoms with E-state index in [1.54, 1.807) is 13.2 Å². The molecule has 1 aromatic rings. The second kappa shape index (κ2) is 2.23. The van der Waals surface area contributed by atoms with Crippen molar-refractivity contribution in [2.45, 2.75) is 5.92 Å². The van der Waals surface area contributed by atoms with E-state index in [0.717, 1.165) is 18.7 Å². The van der Waals surface area contributed by atoms with Crippen molar-refractivity contribution < 1.29 is 0 Å². The first-order valence-electron chi connectivity index (χ1n) is 3.74. The first-order chi connectivity index (χ1) is 5.29. The third-order valence-electron chi connectivity index (χ3n) is 2.19. The highest BCUT2D eigenvalue weighted by atomic mass is 16.1. The van der Waals surface area contributed by atoms with E-state index in [0.29, 0.717) is 5.92 Å². The van der Waals surface area contributed by atoms with Crippen LogP contribution in [0.4, 0.5) is 0 Å².